The van der Waals surface area contributed by atoms with Crippen molar-refractivity contribution in [2.45, 2.75) is 20.8 Å². The van der Waals surface area contributed by atoms with Gasteiger partial charge in [-0.15, -0.1) is 0 Å². The second kappa shape index (κ2) is 21.7. The maximum atomic E-state index is 13.3. The molecule has 13 heteroatoms. The van der Waals surface area contributed by atoms with Crippen LogP contribution in [0.3, 0.4) is 0 Å². The van der Waals surface area contributed by atoms with Crippen LogP contribution in [0, 0.1) is 0 Å². The molecule has 0 saturated carbocycles. The second-order valence-electron chi connectivity index (χ2n) is 12.9. The molecule has 11 nitrogen and oxygen atoms in total. The van der Waals surface area contributed by atoms with Crippen LogP contribution in [0.4, 0.5) is 0 Å². The molecule has 0 aromatic carbocycles. The van der Waals surface area contributed by atoms with Crippen LogP contribution < -0.4 is 16.0 Å². The van der Waals surface area contributed by atoms with Crippen molar-refractivity contribution in [1.82, 2.24) is 25.8 Å². The first-order chi connectivity index (χ1) is 24.3. The van der Waals surface area contributed by atoms with Crippen molar-refractivity contribution in [3.8, 4) is 0 Å². The largest absolute Gasteiger partial charge is 0.389 e. The molecule has 3 aliphatic heterocycles. The minimum atomic E-state index is -0.0556. The maximum absolute atomic E-state index is 13.3. The summed E-state index contributed by atoms with van der Waals surface area (Å²) in [7, 11) is 0. The summed E-state index contributed by atoms with van der Waals surface area (Å²) in [5.41, 5.74) is 6.47. The molecule has 0 unspecified atom stereocenters. The van der Waals surface area contributed by atoms with Gasteiger partial charge in [0.15, 0.2) is 17.3 Å². The Bertz CT molecular complexity index is 1540. The number of fused-ring (bicyclic) bond motifs is 15. The van der Waals surface area contributed by atoms with Crippen molar-refractivity contribution in [3.63, 3.8) is 0 Å². The molecule has 266 valence electrons. The van der Waals surface area contributed by atoms with Crippen molar-refractivity contribution < 1.29 is 53.3 Å². The van der Waals surface area contributed by atoms with E-state index in [-0.39, 0.29) is 56.3 Å². The molecule has 0 fully saturated rings. The van der Waals surface area contributed by atoms with Gasteiger partial charge in [-0.25, -0.2) is 0 Å². The summed E-state index contributed by atoms with van der Waals surface area (Å²) in [5, 5.41) is 10.0. The maximum Gasteiger partial charge on any atom is 0.196 e. The summed E-state index contributed by atoms with van der Waals surface area (Å²) in [6.45, 7) is 13.3. The summed E-state index contributed by atoms with van der Waals surface area (Å²) in [4.78, 5) is 58.2. The van der Waals surface area contributed by atoms with E-state index in [9.17, 15) is 14.4 Å². The number of Topliss-reactive ketones (excluding diaryl/α,β-unsaturated/α-hetero) is 3. The second-order valence-corrected chi connectivity index (χ2v) is 12.9. The van der Waals surface area contributed by atoms with E-state index in [0.717, 1.165) is 16.7 Å². The summed E-state index contributed by atoms with van der Waals surface area (Å²) >= 11 is 0. The van der Waals surface area contributed by atoms with Gasteiger partial charge in [0.1, 0.15) is 0 Å². The monoisotopic (exact) mass is 804 g/mol. The predicted octanol–water partition coefficient (Wildman–Crippen LogP) is 2.61. The van der Waals surface area contributed by atoms with E-state index in [0.29, 0.717) is 112 Å². The third-order valence-corrected chi connectivity index (χ3v) is 8.69. The molecule has 3 N–H and O–H groups in total. The minimum absolute atomic E-state index is 0. The van der Waals surface area contributed by atoms with Crippen LogP contribution in [-0.2, 0) is 53.3 Å². The van der Waals surface area contributed by atoms with Crippen LogP contribution in [0.25, 0.3) is 0 Å². The SMILES string of the molecule is CC1=CC2=CNCCN3CCNC=C4C=C(C)C=C(C=NCCN(CCN=CC(=C1)C2=O)CCN=CC1=CC(C)=CC(=CNCC3)C1=O)C4=O.[Zn].[Zn]. The molecule has 0 aromatic rings. The van der Waals surface area contributed by atoms with Crippen molar-refractivity contribution >= 4 is 36.0 Å². The third kappa shape index (κ3) is 12.7. The summed E-state index contributed by atoms with van der Waals surface area (Å²) in [5.74, 6) is -0.167. The number of nitrogens with one attached hydrogen (secondary N) is 3. The fourth-order valence-corrected chi connectivity index (χ4v) is 6.07. The molecular formula is C39H48N8O3Zn2. The fourth-order valence-electron chi connectivity index (χ4n) is 6.07. The first-order valence-corrected chi connectivity index (χ1v) is 17.4. The molecule has 0 spiro atoms. The first kappa shape index (κ1) is 42.7. The smallest absolute Gasteiger partial charge is 0.196 e. The zero-order valence-corrected chi connectivity index (χ0v) is 36.7. The molecule has 3 aliphatic carbocycles. The molecule has 0 aromatic heterocycles. The van der Waals surface area contributed by atoms with Crippen LogP contribution in [-0.4, -0.2) is 124 Å². The predicted molar refractivity (Wildman–Crippen MR) is 202 cm³/mol. The molecule has 0 amide bonds. The summed E-state index contributed by atoms with van der Waals surface area (Å²) in [6.07, 6.45) is 21.7. The van der Waals surface area contributed by atoms with Crippen molar-refractivity contribution in [2.24, 2.45) is 15.0 Å². The standard InChI is InChI=1S/C39H48N8O3.2Zn/c1-28-16-31-22-40-4-10-46-12-6-42-24-33-18-29(2)19-34(38(33)49)25-43-7-13-47(11-5-41-23-32(17-28)37(31)48)15-9-45-27-36-21-30(3)20-35(39(36)50)26-44-8-14-46;;/h16-27,40,42,44H,4-15H2,1-3H3;;. The molecule has 0 atom stereocenters. The van der Waals surface area contributed by atoms with Crippen LogP contribution in [0.2, 0.25) is 0 Å². The van der Waals surface area contributed by atoms with E-state index in [2.05, 4.69) is 40.7 Å². The Hall–Kier alpha value is -3.75. The molecule has 3 heterocycles. The quantitative estimate of drug-likeness (QED) is 0.319. The zero-order valence-electron chi connectivity index (χ0n) is 30.8. The van der Waals surface area contributed by atoms with Crippen molar-refractivity contribution in [3.05, 3.63) is 105 Å². The Morgan fingerprint density at radius 3 is 1.04 bits per heavy atom. The van der Waals surface area contributed by atoms with Gasteiger partial charge in [-0.05, 0) is 73.9 Å². The van der Waals surface area contributed by atoms with Gasteiger partial charge in [-0.1, -0.05) is 0 Å². The molecule has 6 rings (SSSR count). The van der Waals surface area contributed by atoms with Gasteiger partial charge in [0, 0.05) is 169 Å². The Balaban J connectivity index is 0.00000364. The Morgan fingerprint density at radius 2 is 0.731 bits per heavy atom. The average Bonchev–Trinajstić information content (AvgIpc) is 3.08. The molecule has 52 heavy (non-hydrogen) atoms. The van der Waals surface area contributed by atoms with E-state index in [1.165, 1.54) is 0 Å². The number of allylic oxidation sites excluding steroid dienone is 15. The van der Waals surface area contributed by atoms with Gasteiger partial charge < -0.3 is 16.0 Å². The number of ketones is 3. The van der Waals surface area contributed by atoms with Gasteiger partial charge in [-0.2, -0.15) is 0 Å². The van der Waals surface area contributed by atoms with Crippen LogP contribution in [0.5, 0.6) is 0 Å². The van der Waals surface area contributed by atoms with Gasteiger partial charge in [-0.3, -0.25) is 39.2 Å². The van der Waals surface area contributed by atoms with Gasteiger partial charge in [0.05, 0.1) is 19.6 Å². The number of nitrogens with zero attached hydrogens (tertiary/aromatic N) is 5. The number of carbonyl (C=O) groups is 3. The van der Waals surface area contributed by atoms with Gasteiger partial charge in [0.25, 0.3) is 0 Å². The Morgan fingerprint density at radius 1 is 0.442 bits per heavy atom. The minimum Gasteiger partial charge on any atom is -0.389 e. The summed E-state index contributed by atoms with van der Waals surface area (Å²) < 4.78 is 0. The van der Waals surface area contributed by atoms with Crippen LogP contribution in [0.15, 0.2) is 120 Å². The molecular weight excluding hydrogens is 759 g/mol. The number of rotatable bonds is 0. The molecule has 0 radical (unpaired) electrons. The van der Waals surface area contributed by atoms with Crippen molar-refractivity contribution in [2.75, 3.05) is 78.5 Å². The first-order valence-electron chi connectivity index (χ1n) is 17.4. The fraction of sp³-hybridized carbons (Fsp3) is 0.385. The van der Waals surface area contributed by atoms with E-state index in [1.807, 2.05) is 57.2 Å². The normalized spacial score (nSPS) is 23.8. The topological polar surface area (TPSA) is 131 Å². The molecule has 0 saturated heterocycles. The zero-order chi connectivity index (χ0) is 35.3. The Labute approximate surface area is 332 Å². The third-order valence-electron chi connectivity index (χ3n) is 8.69. The Kier molecular flexibility index (Phi) is 17.8. The molecule has 8 bridgehead atoms. The van der Waals surface area contributed by atoms with Gasteiger partial charge >= 0.3 is 0 Å². The van der Waals surface area contributed by atoms with E-state index in [1.54, 1.807) is 37.2 Å². The number of hydrogen-bond donors (Lipinski definition) is 3. The van der Waals surface area contributed by atoms with E-state index < -0.39 is 0 Å². The number of carbonyl (C=O) groups excluding carboxylic acids is 3. The van der Waals surface area contributed by atoms with Gasteiger partial charge in [0.2, 0.25) is 0 Å². The molecule has 6 aliphatic rings. The number of aliphatic imine (C=N–C) groups is 3. The van der Waals surface area contributed by atoms with Crippen LogP contribution >= 0.6 is 0 Å². The van der Waals surface area contributed by atoms with Crippen LogP contribution in [0.1, 0.15) is 20.8 Å². The number of hydrogen-bond acceptors (Lipinski definition) is 11. The van der Waals surface area contributed by atoms with Crippen molar-refractivity contribution in [1.29, 1.82) is 0 Å². The van der Waals surface area contributed by atoms with E-state index >= 15 is 0 Å². The summed E-state index contributed by atoms with van der Waals surface area (Å²) in [6, 6.07) is 0. The van der Waals surface area contributed by atoms with E-state index in [4.69, 9.17) is 0 Å². The average molecular weight is 808 g/mol.